The molecule has 1 atom stereocenters. The van der Waals surface area contributed by atoms with Crippen molar-refractivity contribution in [2.75, 3.05) is 18.1 Å². The summed E-state index contributed by atoms with van der Waals surface area (Å²) >= 11 is 1.51. The molecule has 2 N–H and O–H groups in total. The van der Waals surface area contributed by atoms with Crippen molar-refractivity contribution >= 4 is 17.7 Å². The van der Waals surface area contributed by atoms with Crippen LogP contribution < -0.4 is 5.32 Å². The number of carbonyl (C=O) groups is 1. The van der Waals surface area contributed by atoms with Gasteiger partial charge in [0.05, 0.1) is 5.56 Å². The van der Waals surface area contributed by atoms with E-state index < -0.39 is 28.7 Å². The van der Waals surface area contributed by atoms with Crippen LogP contribution in [-0.2, 0) is 16.4 Å². The Morgan fingerprint density at radius 1 is 1.35 bits per heavy atom. The molecule has 1 aromatic carbocycles. The molecule has 1 amide bonds. The van der Waals surface area contributed by atoms with Gasteiger partial charge in [-0.05, 0) is 23.8 Å². The average Bonchev–Trinajstić information content (AvgIpc) is 2.92. The van der Waals surface area contributed by atoms with E-state index in [0.717, 1.165) is 17.9 Å². The van der Waals surface area contributed by atoms with Crippen molar-refractivity contribution in [3.63, 3.8) is 0 Å². The molecule has 7 heteroatoms. The van der Waals surface area contributed by atoms with Crippen LogP contribution in [-0.4, -0.2) is 34.7 Å². The van der Waals surface area contributed by atoms with E-state index in [0.29, 0.717) is 17.7 Å². The van der Waals surface area contributed by atoms with Crippen LogP contribution in [0.25, 0.3) is 0 Å². The van der Waals surface area contributed by atoms with E-state index in [9.17, 15) is 23.1 Å². The van der Waals surface area contributed by atoms with Crippen LogP contribution in [0.3, 0.4) is 0 Å². The maximum atomic E-state index is 12.8. The highest BCUT2D eigenvalue weighted by Gasteiger charge is 2.40. The molecule has 0 aliphatic carbocycles. The van der Waals surface area contributed by atoms with Gasteiger partial charge in [-0.25, -0.2) is 0 Å². The molecule has 0 bridgehead atoms. The molecule has 23 heavy (non-hydrogen) atoms. The second-order valence-electron chi connectivity index (χ2n) is 6.48. The zero-order valence-electron chi connectivity index (χ0n) is 13.0. The number of nitrogens with one attached hydrogen (secondary N) is 1. The first-order chi connectivity index (χ1) is 10.5. The summed E-state index contributed by atoms with van der Waals surface area (Å²) in [6.07, 6.45) is -4.00. The Labute approximate surface area is 137 Å². The molecule has 1 aliphatic rings. The highest BCUT2D eigenvalue weighted by atomic mass is 32.2. The van der Waals surface area contributed by atoms with Gasteiger partial charge in [0.15, 0.2) is 5.60 Å². The molecular formula is C16H20F3NO2S. The first-order valence-electron chi connectivity index (χ1n) is 7.31. The molecule has 1 aliphatic heterocycles. The summed E-state index contributed by atoms with van der Waals surface area (Å²) in [5, 5.41) is 12.9. The molecule has 3 nitrogen and oxygen atoms in total. The molecule has 1 fully saturated rings. The summed E-state index contributed by atoms with van der Waals surface area (Å²) < 4.78 is 38.5. The molecule has 0 radical (unpaired) electrons. The van der Waals surface area contributed by atoms with E-state index in [1.807, 2.05) is 0 Å². The predicted octanol–water partition coefficient (Wildman–Crippen LogP) is 2.97. The van der Waals surface area contributed by atoms with E-state index in [-0.39, 0.29) is 6.54 Å². The van der Waals surface area contributed by atoms with Crippen molar-refractivity contribution in [3.05, 3.63) is 35.4 Å². The van der Waals surface area contributed by atoms with Gasteiger partial charge >= 0.3 is 6.18 Å². The summed E-state index contributed by atoms with van der Waals surface area (Å²) in [4.78, 5) is 12.1. The molecule has 1 heterocycles. The summed E-state index contributed by atoms with van der Waals surface area (Å²) in [5.74, 6) is 0.617. The summed E-state index contributed by atoms with van der Waals surface area (Å²) in [7, 11) is 0. The van der Waals surface area contributed by atoms with Crippen molar-refractivity contribution in [3.8, 4) is 0 Å². The minimum atomic E-state index is -4.40. The Bertz CT molecular complexity index is 581. The number of hydrogen-bond donors (Lipinski definition) is 2. The molecule has 0 spiro atoms. The van der Waals surface area contributed by atoms with Crippen LogP contribution in [0.4, 0.5) is 13.2 Å². The van der Waals surface area contributed by atoms with Crippen molar-refractivity contribution in [2.45, 2.75) is 37.5 Å². The summed E-state index contributed by atoms with van der Waals surface area (Å²) in [5.41, 5.74) is -2.27. The first kappa shape index (κ1) is 18.1. The maximum absolute atomic E-state index is 12.8. The van der Waals surface area contributed by atoms with Crippen LogP contribution in [0, 0.1) is 0 Å². The number of aliphatic hydroxyl groups is 1. The van der Waals surface area contributed by atoms with E-state index in [2.05, 4.69) is 5.32 Å². The SMILES string of the molecule is CC(C)(CNC(=O)C1(O)CCSC1)c1cccc(C(F)(F)F)c1. The molecule has 128 valence electrons. The fourth-order valence-electron chi connectivity index (χ4n) is 2.42. The molecule has 1 saturated heterocycles. The minimum absolute atomic E-state index is 0.153. The monoisotopic (exact) mass is 347 g/mol. The number of halogens is 3. The zero-order chi connectivity index (χ0) is 17.3. The van der Waals surface area contributed by atoms with Gasteiger partial charge in [-0.2, -0.15) is 24.9 Å². The van der Waals surface area contributed by atoms with Crippen molar-refractivity contribution in [1.29, 1.82) is 0 Å². The van der Waals surface area contributed by atoms with E-state index >= 15 is 0 Å². The van der Waals surface area contributed by atoms with Gasteiger partial charge in [0.25, 0.3) is 5.91 Å². The average molecular weight is 347 g/mol. The number of amides is 1. The van der Waals surface area contributed by atoms with Gasteiger partial charge < -0.3 is 10.4 Å². The Morgan fingerprint density at radius 2 is 2.00 bits per heavy atom. The highest BCUT2D eigenvalue weighted by molar-refractivity contribution is 7.99. The van der Waals surface area contributed by atoms with Gasteiger partial charge in [-0.3, -0.25) is 4.79 Å². The second kappa shape index (κ2) is 6.36. The Kier molecular flexibility index (Phi) is 5.01. The van der Waals surface area contributed by atoms with Crippen molar-refractivity contribution in [1.82, 2.24) is 5.32 Å². The quantitative estimate of drug-likeness (QED) is 0.880. The third-order valence-electron chi connectivity index (χ3n) is 4.09. The van der Waals surface area contributed by atoms with Crippen LogP contribution >= 0.6 is 11.8 Å². The fourth-order valence-corrected chi connectivity index (χ4v) is 3.66. The Morgan fingerprint density at radius 3 is 2.57 bits per heavy atom. The third kappa shape index (κ3) is 4.20. The normalized spacial score (nSPS) is 22.2. The minimum Gasteiger partial charge on any atom is -0.379 e. The summed E-state index contributed by atoms with van der Waals surface area (Å²) in [6.45, 7) is 3.67. The smallest absolute Gasteiger partial charge is 0.379 e. The lowest BCUT2D eigenvalue weighted by atomic mass is 9.83. The molecule has 0 saturated carbocycles. The fraction of sp³-hybridized carbons (Fsp3) is 0.562. The van der Waals surface area contributed by atoms with E-state index in [1.165, 1.54) is 17.8 Å². The van der Waals surface area contributed by atoms with E-state index in [4.69, 9.17) is 0 Å². The lowest BCUT2D eigenvalue weighted by Gasteiger charge is -2.29. The lowest BCUT2D eigenvalue weighted by molar-refractivity contribution is -0.138. The molecular weight excluding hydrogens is 327 g/mol. The van der Waals surface area contributed by atoms with Gasteiger partial charge in [-0.15, -0.1) is 0 Å². The van der Waals surface area contributed by atoms with Gasteiger partial charge in [0.1, 0.15) is 0 Å². The van der Waals surface area contributed by atoms with Gasteiger partial charge in [0.2, 0.25) is 0 Å². The van der Waals surface area contributed by atoms with Gasteiger partial charge in [0, 0.05) is 17.7 Å². The second-order valence-corrected chi connectivity index (χ2v) is 7.58. The maximum Gasteiger partial charge on any atom is 0.416 e. The molecule has 1 aromatic rings. The summed E-state index contributed by atoms with van der Waals surface area (Å²) in [6, 6.07) is 5.10. The number of benzene rings is 1. The van der Waals surface area contributed by atoms with Crippen molar-refractivity contribution < 1.29 is 23.1 Å². The van der Waals surface area contributed by atoms with E-state index in [1.54, 1.807) is 19.9 Å². The molecule has 0 aromatic heterocycles. The van der Waals surface area contributed by atoms with Crippen LogP contribution in [0.1, 0.15) is 31.4 Å². The number of carbonyl (C=O) groups excluding carboxylic acids is 1. The first-order valence-corrected chi connectivity index (χ1v) is 8.46. The number of thioether (sulfide) groups is 1. The Hall–Kier alpha value is -1.21. The number of rotatable bonds is 4. The highest BCUT2D eigenvalue weighted by Crippen LogP contribution is 2.33. The Balaban J connectivity index is 2.08. The predicted molar refractivity (Wildman–Crippen MR) is 84.4 cm³/mol. The zero-order valence-corrected chi connectivity index (χ0v) is 13.9. The van der Waals surface area contributed by atoms with Gasteiger partial charge in [-0.1, -0.05) is 32.0 Å². The standard InChI is InChI=1S/C16H20F3NO2S/c1-14(2,9-20-13(21)15(22)6-7-23-10-15)11-4-3-5-12(8-11)16(17,18)19/h3-5,8,22H,6-7,9-10H2,1-2H3,(H,20,21). The van der Waals surface area contributed by atoms with Crippen LogP contribution in [0.5, 0.6) is 0 Å². The lowest BCUT2D eigenvalue weighted by Crippen LogP contribution is -2.50. The van der Waals surface area contributed by atoms with Crippen LogP contribution in [0.15, 0.2) is 24.3 Å². The molecule has 2 rings (SSSR count). The molecule has 1 unspecified atom stereocenters. The third-order valence-corrected chi connectivity index (χ3v) is 5.26. The number of alkyl halides is 3. The van der Waals surface area contributed by atoms with Crippen LogP contribution in [0.2, 0.25) is 0 Å². The largest absolute Gasteiger partial charge is 0.416 e. The van der Waals surface area contributed by atoms with Crippen molar-refractivity contribution in [2.24, 2.45) is 0 Å². The topological polar surface area (TPSA) is 49.3 Å². The number of hydrogen-bond acceptors (Lipinski definition) is 3.